The smallest absolute Gasteiger partial charge is 0.0192 e. The number of thioether (sulfide) groups is 1. The summed E-state index contributed by atoms with van der Waals surface area (Å²) in [5.74, 6) is 2.64. The minimum absolute atomic E-state index is 0.425. The zero-order valence-corrected chi connectivity index (χ0v) is 10.9. The van der Waals surface area contributed by atoms with E-state index in [1.165, 1.54) is 37.3 Å². The van der Waals surface area contributed by atoms with E-state index >= 15 is 0 Å². The molecule has 2 aliphatic rings. The van der Waals surface area contributed by atoms with Gasteiger partial charge in [0.15, 0.2) is 0 Å². The lowest BCUT2D eigenvalue weighted by Gasteiger charge is -2.43. The summed E-state index contributed by atoms with van der Waals surface area (Å²) in [7, 11) is 0. The molecule has 0 aromatic heterocycles. The Labute approximate surface area is 98.0 Å². The van der Waals surface area contributed by atoms with Gasteiger partial charge in [0.05, 0.1) is 0 Å². The summed E-state index contributed by atoms with van der Waals surface area (Å²) in [6.07, 6.45) is 3.87. The molecule has 0 saturated carbocycles. The minimum atomic E-state index is 0.425. The number of nitrogens with two attached hydrogens (primary N) is 1. The van der Waals surface area contributed by atoms with Gasteiger partial charge in [0, 0.05) is 24.4 Å². The molecule has 88 valence electrons. The second-order valence-electron chi connectivity index (χ2n) is 5.93. The number of rotatable bonds is 1. The van der Waals surface area contributed by atoms with E-state index in [4.69, 9.17) is 5.73 Å². The second-order valence-corrected chi connectivity index (χ2v) is 6.96. The molecule has 0 aromatic carbocycles. The van der Waals surface area contributed by atoms with Gasteiger partial charge in [0.25, 0.3) is 0 Å². The molecule has 2 aliphatic heterocycles. The largest absolute Gasteiger partial charge is 0.327 e. The Morgan fingerprint density at radius 1 is 1.40 bits per heavy atom. The van der Waals surface area contributed by atoms with E-state index in [0.29, 0.717) is 11.5 Å². The van der Waals surface area contributed by atoms with Gasteiger partial charge in [-0.05, 0) is 37.0 Å². The van der Waals surface area contributed by atoms with Crippen molar-refractivity contribution in [2.45, 2.75) is 45.2 Å². The summed E-state index contributed by atoms with van der Waals surface area (Å²) in [5.41, 5.74) is 6.57. The van der Waals surface area contributed by atoms with Gasteiger partial charge in [0.1, 0.15) is 0 Å². The average Bonchev–Trinajstić information content (AvgIpc) is 2.16. The van der Waals surface area contributed by atoms with E-state index in [-0.39, 0.29) is 0 Å². The Balaban J connectivity index is 1.92. The molecule has 0 aliphatic carbocycles. The van der Waals surface area contributed by atoms with Gasteiger partial charge in [-0.3, -0.25) is 4.90 Å². The average molecular weight is 228 g/mol. The van der Waals surface area contributed by atoms with E-state index in [2.05, 4.69) is 30.5 Å². The van der Waals surface area contributed by atoms with Crippen LogP contribution in [0.5, 0.6) is 0 Å². The predicted molar refractivity (Wildman–Crippen MR) is 68.3 cm³/mol. The van der Waals surface area contributed by atoms with Crippen molar-refractivity contribution in [1.29, 1.82) is 0 Å². The highest BCUT2D eigenvalue weighted by atomic mass is 32.2. The SMILES string of the molecule is CC1(C)CSCC(N2CCCC(N)C2)C1. The van der Waals surface area contributed by atoms with Crippen molar-refractivity contribution in [2.24, 2.45) is 11.1 Å². The Bertz CT molecular complexity index is 218. The first-order chi connectivity index (χ1) is 7.07. The van der Waals surface area contributed by atoms with Crippen molar-refractivity contribution < 1.29 is 0 Å². The highest BCUT2D eigenvalue weighted by Gasteiger charge is 2.33. The van der Waals surface area contributed by atoms with Crippen LogP contribution in [-0.2, 0) is 0 Å². The fraction of sp³-hybridized carbons (Fsp3) is 1.00. The zero-order valence-electron chi connectivity index (χ0n) is 10.0. The number of hydrogen-bond acceptors (Lipinski definition) is 3. The fourth-order valence-electron chi connectivity index (χ4n) is 2.83. The number of likely N-dealkylation sites (tertiary alicyclic amines) is 1. The van der Waals surface area contributed by atoms with Gasteiger partial charge in [-0.15, -0.1) is 0 Å². The molecule has 2 nitrogen and oxygen atoms in total. The third-order valence-electron chi connectivity index (χ3n) is 3.60. The standard InChI is InChI=1S/C12H24N2S/c1-12(2)6-11(8-15-9-12)14-5-3-4-10(13)7-14/h10-11H,3-9,13H2,1-2H3. The predicted octanol–water partition coefficient (Wildman–Crippen LogP) is 1.94. The van der Waals surface area contributed by atoms with E-state index in [0.717, 1.165) is 12.6 Å². The third kappa shape index (κ3) is 3.11. The van der Waals surface area contributed by atoms with E-state index in [1.54, 1.807) is 0 Å². The van der Waals surface area contributed by atoms with Gasteiger partial charge < -0.3 is 5.73 Å². The molecule has 0 aromatic rings. The number of hydrogen-bond donors (Lipinski definition) is 1. The molecule has 2 atom stereocenters. The van der Waals surface area contributed by atoms with Gasteiger partial charge >= 0.3 is 0 Å². The maximum absolute atomic E-state index is 6.05. The lowest BCUT2D eigenvalue weighted by Crippen LogP contribution is -2.51. The molecule has 2 N–H and O–H groups in total. The Kier molecular flexibility index (Phi) is 3.63. The van der Waals surface area contributed by atoms with Crippen molar-refractivity contribution in [3.8, 4) is 0 Å². The Hall–Kier alpha value is 0.270. The van der Waals surface area contributed by atoms with Crippen LogP contribution in [0.25, 0.3) is 0 Å². The second kappa shape index (κ2) is 4.64. The molecule has 0 spiro atoms. The third-order valence-corrected chi connectivity index (χ3v) is 5.20. The first-order valence-electron chi connectivity index (χ1n) is 6.14. The molecule has 15 heavy (non-hydrogen) atoms. The molecule has 2 heterocycles. The summed E-state index contributed by atoms with van der Waals surface area (Å²) in [6.45, 7) is 7.20. The molecule has 2 unspecified atom stereocenters. The highest BCUT2D eigenvalue weighted by Crippen LogP contribution is 2.36. The van der Waals surface area contributed by atoms with Crippen molar-refractivity contribution in [1.82, 2.24) is 4.90 Å². The van der Waals surface area contributed by atoms with Crippen LogP contribution in [0.4, 0.5) is 0 Å². The lowest BCUT2D eigenvalue weighted by atomic mass is 9.86. The summed E-state index contributed by atoms with van der Waals surface area (Å²) < 4.78 is 0. The van der Waals surface area contributed by atoms with Crippen molar-refractivity contribution in [3.05, 3.63) is 0 Å². The summed E-state index contributed by atoms with van der Waals surface area (Å²) >= 11 is 2.12. The van der Waals surface area contributed by atoms with Crippen LogP contribution < -0.4 is 5.73 Å². The molecule has 2 saturated heterocycles. The van der Waals surface area contributed by atoms with Gasteiger partial charge in [-0.25, -0.2) is 0 Å². The molecule has 0 amide bonds. The monoisotopic (exact) mass is 228 g/mol. The van der Waals surface area contributed by atoms with Gasteiger partial charge in [-0.2, -0.15) is 11.8 Å². The molecule has 2 rings (SSSR count). The Morgan fingerprint density at radius 3 is 2.87 bits per heavy atom. The van der Waals surface area contributed by atoms with Gasteiger partial charge in [-0.1, -0.05) is 13.8 Å². The topological polar surface area (TPSA) is 29.3 Å². The van der Waals surface area contributed by atoms with Crippen molar-refractivity contribution in [3.63, 3.8) is 0 Å². The molecule has 0 radical (unpaired) electrons. The zero-order chi connectivity index (χ0) is 10.9. The number of piperidine rings is 1. The van der Waals surface area contributed by atoms with Crippen molar-refractivity contribution >= 4 is 11.8 Å². The van der Waals surface area contributed by atoms with E-state index in [1.807, 2.05) is 0 Å². The maximum atomic E-state index is 6.05. The summed E-state index contributed by atoms with van der Waals surface area (Å²) in [5, 5.41) is 0. The highest BCUT2D eigenvalue weighted by molar-refractivity contribution is 7.99. The van der Waals surface area contributed by atoms with Crippen LogP contribution in [0.15, 0.2) is 0 Å². The summed E-state index contributed by atoms with van der Waals surface area (Å²) in [4.78, 5) is 2.64. The number of nitrogens with zero attached hydrogens (tertiary/aromatic N) is 1. The van der Waals surface area contributed by atoms with Crippen molar-refractivity contribution in [2.75, 3.05) is 24.6 Å². The quantitative estimate of drug-likeness (QED) is 0.744. The van der Waals surface area contributed by atoms with Crippen LogP contribution in [0.2, 0.25) is 0 Å². The first-order valence-corrected chi connectivity index (χ1v) is 7.30. The van der Waals surface area contributed by atoms with Crippen LogP contribution in [0, 0.1) is 5.41 Å². The summed E-state index contributed by atoms with van der Waals surface area (Å²) in [6, 6.07) is 1.21. The van der Waals surface area contributed by atoms with Crippen LogP contribution >= 0.6 is 11.8 Å². The van der Waals surface area contributed by atoms with E-state index in [9.17, 15) is 0 Å². The van der Waals surface area contributed by atoms with Gasteiger partial charge in [0.2, 0.25) is 0 Å². The molecule has 2 fully saturated rings. The first kappa shape index (κ1) is 11.7. The van der Waals surface area contributed by atoms with Crippen LogP contribution in [-0.4, -0.2) is 41.6 Å². The maximum Gasteiger partial charge on any atom is 0.0192 e. The van der Waals surface area contributed by atoms with E-state index < -0.39 is 0 Å². The fourth-order valence-corrected chi connectivity index (χ4v) is 4.22. The minimum Gasteiger partial charge on any atom is -0.327 e. The molecular formula is C12H24N2S. The Morgan fingerprint density at radius 2 is 2.20 bits per heavy atom. The molecule has 0 bridgehead atoms. The molecular weight excluding hydrogens is 204 g/mol. The van der Waals surface area contributed by atoms with Crippen LogP contribution in [0.3, 0.4) is 0 Å². The molecule has 3 heteroatoms. The van der Waals surface area contributed by atoms with Crippen LogP contribution in [0.1, 0.15) is 33.1 Å². The lowest BCUT2D eigenvalue weighted by molar-refractivity contribution is 0.125. The normalized spacial score (nSPS) is 37.8.